The first kappa shape index (κ1) is 12.9. The smallest absolute Gasteiger partial charge is 0.306 e. The Bertz CT molecular complexity index is 903. The quantitative estimate of drug-likeness (QED) is 0.680. The summed E-state index contributed by atoms with van der Waals surface area (Å²) in [5, 5.41) is 0. The van der Waals surface area contributed by atoms with Crippen LogP contribution in [0, 0.1) is 6.92 Å². The van der Waals surface area contributed by atoms with Gasteiger partial charge in [0, 0.05) is 5.69 Å². The van der Waals surface area contributed by atoms with E-state index in [9.17, 15) is 13.2 Å². The molecular weight excluding hydrogens is 300 g/mol. The van der Waals surface area contributed by atoms with Gasteiger partial charge in [0.15, 0.2) is 4.21 Å². The molecule has 2 heterocycles. The van der Waals surface area contributed by atoms with E-state index in [2.05, 4.69) is 19.7 Å². The topological polar surface area (TPSA) is 108 Å². The summed E-state index contributed by atoms with van der Waals surface area (Å²) in [7, 11) is -3.83. The molecule has 0 aliphatic carbocycles. The molecule has 1 aromatic carbocycles. The van der Waals surface area contributed by atoms with Crippen molar-refractivity contribution < 1.29 is 8.42 Å². The van der Waals surface area contributed by atoms with Crippen molar-refractivity contribution >= 4 is 38.3 Å². The molecule has 0 bridgehead atoms. The molecule has 0 aliphatic rings. The van der Waals surface area contributed by atoms with E-state index in [-0.39, 0.29) is 10.2 Å². The van der Waals surface area contributed by atoms with Crippen LogP contribution in [0.15, 0.2) is 33.3 Å². The minimum absolute atomic E-state index is 0.0389. The maximum atomic E-state index is 12.2. The lowest BCUT2D eigenvalue weighted by molar-refractivity contribution is 0.602. The fourth-order valence-corrected chi connectivity index (χ4v) is 4.09. The zero-order valence-corrected chi connectivity index (χ0v) is 11.9. The standard InChI is InChI=1S/C11H10N4O3S2/c1-6-9(19-11(16)12-6)20(17,18)15-10-13-7-4-2-3-5-8(7)14-10/h2-5H,1H3,(H,12,16)(H2,13,14,15). The van der Waals surface area contributed by atoms with Crippen molar-refractivity contribution in [3.63, 3.8) is 0 Å². The monoisotopic (exact) mass is 310 g/mol. The molecule has 104 valence electrons. The second kappa shape index (κ2) is 4.46. The largest absolute Gasteiger partial charge is 0.323 e. The van der Waals surface area contributed by atoms with Crippen molar-refractivity contribution in [2.24, 2.45) is 0 Å². The Hall–Kier alpha value is -2.13. The minimum Gasteiger partial charge on any atom is -0.323 e. The number of anilines is 1. The van der Waals surface area contributed by atoms with E-state index in [4.69, 9.17) is 0 Å². The first-order valence-corrected chi connectivity index (χ1v) is 7.93. The molecule has 0 aliphatic heterocycles. The van der Waals surface area contributed by atoms with Gasteiger partial charge in [-0.15, -0.1) is 0 Å². The zero-order chi connectivity index (χ0) is 14.3. The maximum Gasteiger partial charge on any atom is 0.306 e. The highest BCUT2D eigenvalue weighted by atomic mass is 32.2. The Labute approximate surface area is 117 Å². The summed E-state index contributed by atoms with van der Waals surface area (Å²) in [5.41, 5.74) is 1.69. The number of fused-ring (bicyclic) bond motifs is 1. The normalized spacial score (nSPS) is 11.8. The van der Waals surface area contributed by atoms with E-state index >= 15 is 0 Å². The molecular formula is C11H10N4O3S2. The number of imidazole rings is 1. The van der Waals surface area contributed by atoms with Crippen LogP contribution in [0.5, 0.6) is 0 Å². The Morgan fingerprint density at radius 3 is 2.65 bits per heavy atom. The van der Waals surface area contributed by atoms with Gasteiger partial charge in [-0.2, -0.15) is 0 Å². The number of rotatable bonds is 3. The van der Waals surface area contributed by atoms with E-state index in [1.165, 1.54) is 6.92 Å². The lowest BCUT2D eigenvalue weighted by Crippen LogP contribution is -2.13. The van der Waals surface area contributed by atoms with Gasteiger partial charge in [-0.05, 0) is 19.1 Å². The number of hydrogen-bond acceptors (Lipinski definition) is 5. The fraction of sp³-hybridized carbons (Fsp3) is 0.0909. The summed E-state index contributed by atoms with van der Waals surface area (Å²) in [6.07, 6.45) is 0. The molecule has 20 heavy (non-hydrogen) atoms. The van der Waals surface area contributed by atoms with Crippen molar-refractivity contribution in [3.05, 3.63) is 39.6 Å². The number of sulfonamides is 1. The number of benzene rings is 1. The van der Waals surface area contributed by atoms with Crippen molar-refractivity contribution in [1.82, 2.24) is 15.0 Å². The highest BCUT2D eigenvalue weighted by molar-refractivity contribution is 7.94. The molecule has 0 radical (unpaired) electrons. The Balaban J connectivity index is 2.01. The van der Waals surface area contributed by atoms with Crippen LogP contribution >= 0.6 is 11.3 Å². The van der Waals surface area contributed by atoms with Crippen molar-refractivity contribution in [2.75, 3.05) is 4.72 Å². The predicted molar refractivity (Wildman–Crippen MR) is 76.6 cm³/mol. The first-order chi connectivity index (χ1) is 9.45. The zero-order valence-electron chi connectivity index (χ0n) is 10.3. The SMILES string of the molecule is Cc1[nH]c(=O)sc1S(=O)(=O)Nc1nc2ccccc2[nH]1. The van der Waals surface area contributed by atoms with Gasteiger partial charge in [0.25, 0.3) is 10.0 Å². The second-order valence-electron chi connectivity index (χ2n) is 4.14. The summed E-state index contributed by atoms with van der Waals surface area (Å²) >= 11 is 0.644. The molecule has 3 N–H and O–H groups in total. The molecule has 3 aromatic rings. The molecule has 0 fully saturated rings. The van der Waals surface area contributed by atoms with Crippen molar-refractivity contribution in [1.29, 1.82) is 0 Å². The predicted octanol–water partition coefficient (Wildman–Crippen LogP) is 1.42. The molecule has 7 nitrogen and oxygen atoms in total. The molecule has 3 rings (SSSR count). The van der Waals surface area contributed by atoms with Gasteiger partial charge < -0.3 is 9.97 Å². The van der Waals surface area contributed by atoms with Gasteiger partial charge in [0.05, 0.1) is 11.0 Å². The third-order valence-electron chi connectivity index (χ3n) is 2.65. The van der Waals surface area contributed by atoms with Crippen LogP contribution in [0.25, 0.3) is 11.0 Å². The van der Waals surface area contributed by atoms with Crippen LogP contribution in [-0.2, 0) is 10.0 Å². The number of thiazole rings is 1. The van der Waals surface area contributed by atoms with Crippen LogP contribution in [-0.4, -0.2) is 23.4 Å². The Kier molecular flexibility index (Phi) is 2.87. The summed E-state index contributed by atoms with van der Waals surface area (Å²) in [6.45, 7) is 1.53. The van der Waals surface area contributed by atoms with Gasteiger partial charge in [0.2, 0.25) is 5.95 Å². The molecule has 0 atom stereocenters. The van der Waals surface area contributed by atoms with Crippen molar-refractivity contribution in [2.45, 2.75) is 11.1 Å². The lowest BCUT2D eigenvalue weighted by Gasteiger charge is -2.02. The van der Waals surface area contributed by atoms with Gasteiger partial charge in [0.1, 0.15) is 0 Å². The first-order valence-electron chi connectivity index (χ1n) is 5.63. The molecule has 0 spiro atoms. The number of aromatic nitrogens is 3. The number of nitrogens with zero attached hydrogens (tertiary/aromatic N) is 1. The van der Waals surface area contributed by atoms with Gasteiger partial charge in [-0.1, -0.05) is 23.5 Å². The summed E-state index contributed by atoms with van der Waals surface area (Å²) in [6, 6.07) is 7.19. The van der Waals surface area contributed by atoms with E-state index in [0.717, 1.165) is 5.52 Å². The third kappa shape index (κ3) is 2.21. The van der Waals surface area contributed by atoms with Gasteiger partial charge in [-0.3, -0.25) is 4.79 Å². The van der Waals surface area contributed by atoms with Crippen LogP contribution in [0.4, 0.5) is 5.95 Å². The Morgan fingerprint density at radius 2 is 2.00 bits per heavy atom. The Morgan fingerprint density at radius 1 is 1.25 bits per heavy atom. The average molecular weight is 310 g/mol. The molecule has 0 unspecified atom stereocenters. The molecule has 2 aromatic heterocycles. The molecule has 9 heteroatoms. The average Bonchev–Trinajstić information content (AvgIpc) is 2.91. The summed E-state index contributed by atoms with van der Waals surface area (Å²) < 4.78 is 26.7. The number of para-hydroxylation sites is 2. The number of aromatic amines is 2. The fourth-order valence-electron chi connectivity index (χ4n) is 1.82. The van der Waals surface area contributed by atoms with Gasteiger partial charge >= 0.3 is 4.87 Å². The molecule has 0 saturated carbocycles. The lowest BCUT2D eigenvalue weighted by atomic mass is 10.3. The second-order valence-corrected chi connectivity index (χ2v) is 7.00. The summed E-state index contributed by atoms with van der Waals surface area (Å²) in [5.74, 6) is 0.117. The van der Waals surface area contributed by atoms with E-state index in [0.29, 0.717) is 22.5 Å². The van der Waals surface area contributed by atoms with Crippen LogP contribution < -0.4 is 9.60 Å². The number of aryl methyl sites for hydroxylation is 1. The molecule has 0 saturated heterocycles. The van der Waals surface area contributed by atoms with Crippen LogP contribution in [0.3, 0.4) is 0 Å². The third-order valence-corrected chi connectivity index (χ3v) is 5.59. The highest BCUT2D eigenvalue weighted by Crippen LogP contribution is 2.20. The number of nitrogens with one attached hydrogen (secondary N) is 3. The van der Waals surface area contributed by atoms with Crippen LogP contribution in [0.1, 0.15) is 5.69 Å². The highest BCUT2D eigenvalue weighted by Gasteiger charge is 2.21. The van der Waals surface area contributed by atoms with Crippen molar-refractivity contribution in [3.8, 4) is 0 Å². The minimum atomic E-state index is -3.83. The molecule has 0 amide bonds. The van der Waals surface area contributed by atoms with E-state index in [1.54, 1.807) is 12.1 Å². The summed E-state index contributed by atoms with van der Waals surface area (Å²) in [4.78, 5) is 20.2. The van der Waals surface area contributed by atoms with Gasteiger partial charge in [-0.25, -0.2) is 18.1 Å². The van der Waals surface area contributed by atoms with E-state index in [1.807, 2.05) is 12.1 Å². The number of H-pyrrole nitrogens is 2. The number of hydrogen-bond donors (Lipinski definition) is 3. The van der Waals surface area contributed by atoms with Crippen LogP contribution in [0.2, 0.25) is 0 Å². The maximum absolute atomic E-state index is 12.2. The van der Waals surface area contributed by atoms with E-state index < -0.39 is 14.9 Å².